The second-order valence-electron chi connectivity index (χ2n) is 15.7. The maximum absolute atomic E-state index is 15.3. The van der Waals surface area contributed by atoms with Crippen LogP contribution < -0.4 is 15.0 Å². The number of hydrogen-bond donors (Lipinski definition) is 2. The van der Waals surface area contributed by atoms with Gasteiger partial charge in [-0.05, 0) is 105 Å². The molecule has 278 valence electrons. The number of likely N-dealkylation sites (tertiary alicyclic amines) is 1. The number of carbonyl (C=O) groups is 2. The standard InChI is InChI=1S/C37H46F5N5O4/c1-4-35(5-2)19-47(29-7-6-26(17-28(29)35)51-25-8-10-46(11-9-25)20-36(40,41)42)33-43-18-27(30(44-33)34(3,38)39)31(48)45-37(32(49)50)23-13-21-12-22(15-23)16-24(37)14-21/h6-7,17-18,21-25H,4-5,8-16,19-20H2,1-3H3,(H,45,48)(H,49,50). The highest BCUT2D eigenvalue weighted by Gasteiger charge is 2.62. The smallest absolute Gasteiger partial charge is 0.401 e. The molecule has 1 aromatic carbocycles. The summed E-state index contributed by atoms with van der Waals surface area (Å²) in [5.74, 6) is -4.61. The molecule has 9 nitrogen and oxygen atoms in total. The number of aromatic nitrogens is 2. The van der Waals surface area contributed by atoms with Crippen LogP contribution in [-0.4, -0.2) is 75.8 Å². The molecule has 2 aliphatic heterocycles. The molecule has 4 saturated carbocycles. The van der Waals surface area contributed by atoms with Crippen LogP contribution in [0.1, 0.15) is 100 Å². The van der Waals surface area contributed by atoms with Gasteiger partial charge in [-0.15, -0.1) is 0 Å². The third kappa shape index (κ3) is 6.43. The third-order valence-corrected chi connectivity index (χ3v) is 12.7. The highest BCUT2D eigenvalue weighted by atomic mass is 19.4. The zero-order chi connectivity index (χ0) is 36.5. The van der Waals surface area contributed by atoms with Crippen molar-refractivity contribution < 1.29 is 41.4 Å². The second kappa shape index (κ2) is 12.8. The number of carbonyl (C=O) groups excluding carboxylic acids is 1. The zero-order valence-corrected chi connectivity index (χ0v) is 29.2. The summed E-state index contributed by atoms with van der Waals surface area (Å²) in [5.41, 5.74) is -1.47. The number of halogens is 5. The van der Waals surface area contributed by atoms with E-state index in [0.29, 0.717) is 88.1 Å². The Hall–Kier alpha value is -3.55. The fourth-order valence-electron chi connectivity index (χ4n) is 10.2. The maximum Gasteiger partial charge on any atom is 0.401 e. The van der Waals surface area contributed by atoms with Gasteiger partial charge in [-0.2, -0.15) is 22.0 Å². The van der Waals surface area contributed by atoms with Gasteiger partial charge in [-0.25, -0.2) is 14.8 Å². The number of nitrogens with one attached hydrogen (secondary N) is 1. The fourth-order valence-corrected chi connectivity index (χ4v) is 10.2. The van der Waals surface area contributed by atoms with E-state index in [1.54, 1.807) is 11.0 Å². The second-order valence-corrected chi connectivity index (χ2v) is 15.7. The summed E-state index contributed by atoms with van der Waals surface area (Å²) in [6.07, 6.45) is 2.84. The van der Waals surface area contributed by atoms with Gasteiger partial charge in [0.15, 0.2) is 0 Å². The quantitative estimate of drug-likeness (QED) is 0.248. The molecule has 0 atom stereocenters. The number of hydrogen-bond acceptors (Lipinski definition) is 7. The Kier molecular flexibility index (Phi) is 9.02. The van der Waals surface area contributed by atoms with E-state index in [1.807, 2.05) is 26.0 Å². The Morgan fingerprint density at radius 2 is 1.63 bits per heavy atom. The largest absolute Gasteiger partial charge is 0.490 e. The van der Waals surface area contributed by atoms with Crippen molar-refractivity contribution in [2.45, 2.75) is 108 Å². The number of benzene rings is 1. The molecule has 4 bridgehead atoms. The minimum atomic E-state index is -4.25. The van der Waals surface area contributed by atoms with E-state index in [9.17, 15) is 27.9 Å². The number of carboxylic acids is 1. The number of ether oxygens (including phenoxy) is 1. The average Bonchev–Trinajstić information content (AvgIpc) is 3.39. The summed E-state index contributed by atoms with van der Waals surface area (Å²) < 4.78 is 75.5. The van der Waals surface area contributed by atoms with Crippen LogP contribution in [-0.2, 0) is 16.1 Å². The van der Waals surface area contributed by atoms with E-state index in [2.05, 4.69) is 15.3 Å². The first-order chi connectivity index (χ1) is 24.0. The van der Waals surface area contributed by atoms with Gasteiger partial charge in [-0.1, -0.05) is 13.8 Å². The Balaban J connectivity index is 1.15. The van der Waals surface area contributed by atoms with Gasteiger partial charge < -0.3 is 20.1 Å². The number of aliphatic carboxylic acids is 1. The Bertz CT molecular complexity index is 1640. The monoisotopic (exact) mass is 719 g/mol. The predicted molar refractivity (Wildman–Crippen MR) is 178 cm³/mol. The summed E-state index contributed by atoms with van der Waals surface area (Å²) in [4.78, 5) is 38.6. The van der Waals surface area contributed by atoms with Gasteiger partial charge in [0.2, 0.25) is 5.95 Å². The first kappa shape index (κ1) is 35.8. The number of piperidine rings is 1. The minimum Gasteiger partial charge on any atom is -0.490 e. The van der Waals surface area contributed by atoms with E-state index in [4.69, 9.17) is 4.74 Å². The summed E-state index contributed by atoms with van der Waals surface area (Å²) in [5, 5.41) is 13.3. The first-order valence-electron chi connectivity index (χ1n) is 18.2. The molecular weight excluding hydrogens is 673 g/mol. The normalized spacial score (nSPS) is 28.9. The molecule has 51 heavy (non-hydrogen) atoms. The molecule has 8 rings (SSSR count). The number of fused-ring (bicyclic) bond motifs is 1. The fraction of sp³-hybridized carbons (Fsp3) is 0.676. The molecule has 0 spiro atoms. The lowest BCUT2D eigenvalue weighted by molar-refractivity contribution is -0.163. The molecule has 1 aromatic heterocycles. The summed E-state index contributed by atoms with van der Waals surface area (Å²) in [6, 6.07) is 5.52. The third-order valence-electron chi connectivity index (χ3n) is 12.7. The number of rotatable bonds is 10. The molecule has 3 heterocycles. The molecule has 1 saturated heterocycles. The lowest BCUT2D eigenvalue weighted by Gasteiger charge is -2.59. The first-order valence-corrected chi connectivity index (χ1v) is 18.2. The van der Waals surface area contributed by atoms with Crippen molar-refractivity contribution in [3.63, 3.8) is 0 Å². The molecule has 0 unspecified atom stereocenters. The van der Waals surface area contributed by atoms with Gasteiger partial charge in [0.1, 0.15) is 23.1 Å². The van der Waals surface area contributed by atoms with Crippen molar-refractivity contribution in [2.24, 2.45) is 23.7 Å². The lowest BCUT2D eigenvalue weighted by atomic mass is 9.48. The zero-order valence-electron chi connectivity index (χ0n) is 29.2. The molecule has 6 aliphatic rings. The van der Waals surface area contributed by atoms with Crippen LogP contribution in [0.5, 0.6) is 5.75 Å². The Morgan fingerprint density at radius 1 is 1.00 bits per heavy atom. The molecule has 2 aromatic rings. The molecule has 1 amide bonds. The molecule has 4 aliphatic carbocycles. The number of alkyl halides is 5. The van der Waals surface area contributed by atoms with Crippen molar-refractivity contribution in [3.8, 4) is 5.75 Å². The van der Waals surface area contributed by atoms with Crippen LogP contribution in [0.4, 0.5) is 33.6 Å². The van der Waals surface area contributed by atoms with Gasteiger partial charge in [-0.3, -0.25) is 9.69 Å². The van der Waals surface area contributed by atoms with Crippen LogP contribution >= 0.6 is 0 Å². The number of amides is 1. The van der Waals surface area contributed by atoms with E-state index in [-0.39, 0.29) is 37.0 Å². The highest BCUT2D eigenvalue weighted by molar-refractivity contribution is 5.99. The molecular formula is C37H46F5N5O4. The van der Waals surface area contributed by atoms with Crippen molar-refractivity contribution in [2.75, 3.05) is 31.1 Å². The molecule has 5 fully saturated rings. The van der Waals surface area contributed by atoms with Crippen LogP contribution in [0.2, 0.25) is 0 Å². The topological polar surface area (TPSA) is 108 Å². The number of anilines is 2. The van der Waals surface area contributed by atoms with Crippen LogP contribution in [0.25, 0.3) is 0 Å². The van der Waals surface area contributed by atoms with Crippen molar-refractivity contribution in [3.05, 3.63) is 41.2 Å². The highest BCUT2D eigenvalue weighted by Crippen LogP contribution is 2.58. The summed E-state index contributed by atoms with van der Waals surface area (Å²) in [7, 11) is 0. The van der Waals surface area contributed by atoms with Gasteiger partial charge in [0, 0.05) is 43.9 Å². The van der Waals surface area contributed by atoms with E-state index in [0.717, 1.165) is 18.2 Å². The molecule has 0 radical (unpaired) electrons. The van der Waals surface area contributed by atoms with Gasteiger partial charge in [0.25, 0.3) is 11.8 Å². The average molecular weight is 720 g/mol. The SMILES string of the molecule is CCC1(CC)CN(c2ncc(C(=O)NC3(C(=O)O)C4CC5CC(C4)CC3C5)c(C(C)(F)F)n2)c2ccc(OC3CCN(CC(F)(F)F)CC3)cc21. The maximum atomic E-state index is 15.3. The van der Waals surface area contributed by atoms with Crippen LogP contribution in [0.15, 0.2) is 24.4 Å². The van der Waals surface area contributed by atoms with Gasteiger partial charge >= 0.3 is 12.1 Å². The predicted octanol–water partition coefficient (Wildman–Crippen LogP) is 7.21. The summed E-state index contributed by atoms with van der Waals surface area (Å²) >= 11 is 0. The Morgan fingerprint density at radius 3 is 2.18 bits per heavy atom. The van der Waals surface area contributed by atoms with Crippen molar-refractivity contribution in [1.82, 2.24) is 20.2 Å². The van der Waals surface area contributed by atoms with Crippen molar-refractivity contribution in [1.29, 1.82) is 0 Å². The number of carboxylic acid groups (broad SMARTS) is 1. The van der Waals surface area contributed by atoms with Crippen LogP contribution in [0, 0.1) is 23.7 Å². The van der Waals surface area contributed by atoms with Crippen LogP contribution in [0.3, 0.4) is 0 Å². The van der Waals surface area contributed by atoms with E-state index in [1.165, 1.54) is 4.90 Å². The summed E-state index contributed by atoms with van der Waals surface area (Å²) in [6.45, 7) is 4.78. The number of nitrogens with zero attached hydrogens (tertiary/aromatic N) is 4. The minimum absolute atomic E-state index is 0.00127. The van der Waals surface area contributed by atoms with E-state index < -0.39 is 52.7 Å². The van der Waals surface area contributed by atoms with Gasteiger partial charge in [0.05, 0.1) is 12.1 Å². The Labute approximate surface area is 294 Å². The molecule has 2 N–H and O–H groups in total. The van der Waals surface area contributed by atoms with Crippen molar-refractivity contribution >= 4 is 23.5 Å². The van der Waals surface area contributed by atoms with E-state index >= 15 is 8.78 Å². The molecule has 14 heteroatoms. The lowest BCUT2D eigenvalue weighted by Crippen LogP contribution is -2.70.